The van der Waals surface area contributed by atoms with Gasteiger partial charge in [0.05, 0.1) is 12.0 Å². The van der Waals surface area contributed by atoms with E-state index in [9.17, 15) is 4.79 Å². The van der Waals surface area contributed by atoms with E-state index < -0.39 is 6.09 Å². The highest BCUT2D eigenvalue weighted by molar-refractivity contribution is 5.68. The van der Waals surface area contributed by atoms with E-state index in [0.29, 0.717) is 11.8 Å². The average Bonchev–Trinajstić information content (AvgIpc) is 2.76. The third kappa shape index (κ3) is 2.45. The Morgan fingerprint density at radius 1 is 1.32 bits per heavy atom. The molecule has 1 fully saturated rings. The molecule has 5 nitrogen and oxygen atoms in total. The number of imidazole rings is 1. The fourth-order valence-corrected chi connectivity index (χ4v) is 2.18. The lowest BCUT2D eigenvalue weighted by Gasteiger charge is -2.26. The molecular formula is C14H15N3O2. The van der Waals surface area contributed by atoms with Crippen LogP contribution in [0.15, 0.2) is 36.8 Å². The predicted molar refractivity (Wildman–Crippen MR) is 70.8 cm³/mol. The van der Waals surface area contributed by atoms with E-state index in [4.69, 9.17) is 10.5 Å². The molecular weight excluding hydrogens is 242 g/mol. The van der Waals surface area contributed by atoms with Crippen molar-refractivity contribution in [2.24, 2.45) is 5.73 Å². The molecule has 0 spiro atoms. The zero-order chi connectivity index (χ0) is 13.2. The Bertz CT molecular complexity index is 585. The first kappa shape index (κ1) is 11.8. The van der Waals surface area contributed by atoms with Crippen molar-refractivity contribution < 1.29 is 9.53 Å². The van der Waals surface area contributed by atoms with Crippen molar-refractivity contribution in [3.05, 3.63) is 36.8 Å². The maximum Gasteiger partial charge on any atom is 0.409 e. The molecule has 1 aliphatic rings. The van der Waals surface area contributed by atoms with Crippen LogP contribution in [0.4, 0.5) is 4.79 Å². The van der Waals surface area contributed by atoms with Crippen molar-refractivity contribution in [2.45, 2.75) is 25.3 Å². The molecule has 0 aliphatic heterocycles. The van der Waals surface area contributed by atoms with Gasteiger partial charge in [-0.15, -0.1) is 0 Å². The quantitative estimate of drug-likeness (QED) is 0.919. The summed E-state index contributed by atoms with van der Waals surface area (Å²) in [6.07, 6.45) is 6.92. The van der Waals surface area contributed by atoms with Crippen LogP contribution in [-0.4, -0.2) is 15.6 Å². The van der Waals surface area contributed by atoms with E-state index in [0.717, 1.165) is 11.3 Å². The van der Waals surface area contributed by atoms with E-state index >= 15 is 0 Å². The summed E-state index contributed by atoms with van der Waals surface area (Å²) in [5.41, 5.74) is 6.88. The van der Waals surface area contributed by atoms with Gasteiger partial charge in [-0.3, -0.25) is 0 Å². The number of primary amides is 1. The Kier molecular flexibility index (Phi) is 2.95. The summed E-state index contributed by atoms with van der Waals surface area (Å²) < 4.78 is 6.96. The molecule has 19 heavy (non-hydrogen) atoms. The van der Waals surface area contributed by atoms with Gasteiger partial charge in [-0.05, 0) is 43.5 Å². The van der Waals surface area contributed by atoms with Crippen LogP contribution < -0.4 is 10.5 Å². The highest BCUT2D eigenvalue weighted by atomic mass is 16.5. The number of carbonyl (C=O) groups excluding carboxylic acids is 1. The number of hydrogen-bond donors (Lipinski definition) is 1. The standard InChI is InChI=1S/C14H15N3O2/c15-14(18)19-12-6-4-10(5-7-12)13-8-17(9-16-13)11-2-1-3-11/h4-9,11H,1-3H2,(H2,15,18). The number of carbonyl (C=O) groups is 1. The number of nitrogens with two attached hydrogens (primary N) is 1. The normalized spacial score (nSPS) is 14.9. The van der Waals surface area contributed by atoms with Gasteiger partial charge in [0, 0.05) is 17.8 Å². The zero-order valence-electron chi connectivity index (χ0n) is 10.5. The molecule has 1 heterocycles. The summed E-state index contributed by atoms with van der Waals surface area (Å²) in [7, 11) is 0. The molecule has 5 heteroatoms. The van der Waals surface area contributed by atoms with Crippen molar-refractivity contribution >= 4 is 6.09 Å². The van der Waals surface area contributed by atoms with E-state index in [-0.39, 0.29) is 0 Å². The summed E-state index contributed by atoms with van der Waals surface area (Å²) in [6.45, 7) is 0. The van der Waals surface area contributed by atoms with Crippen LogP contribution in [0.25, 0.3) is 11.3 Å². The molecule has 2 N–H and O–H groups in total. The number of amides is 1. The topological polar surface area (TPSA) is 70.1 Å². The van der Waals surface area contributed by atoms with Crippen LogP contribution in [0.5, 0.6) is 5.75 Å². The van der Waals surface area contributed by atoms with Gasteiger partial charge in [0.1, 0.15) is 5.75 Å². The molecule has 98 valence electrons. The monoisotopic (exact) mass is 257 g/mol. The van der Waals surface area contributed by atoms with Crippen molar-refractivity contribution in [1.29, 1.82) is 0 Å². The number of hydrogen-bond acceptors (Lipinski definition) is 3. The van der Waals surface area contributed by atoms with Crippen LogP contribution in [0.3, 0.4) is 0 Å². The molecule has 3 rings (SSSR count). The third-order valence-corrected chi connectivity index (χ3v) is 3.47. The van der Waals surface area contributed by atoms with Gasteiger partial charge < -0.3 is 15.0 Å². The lowest BCUT2D eigenvalue weighted by Crippen LogP contribution is -2.16. The molecule has 0 unspecified atom stereocenters. The first-order valence-corrected chi connectivity index (χ1v) is 6.33. The minimum Gasteiger partial charge on any atom is -0.411 e. The molecule has 0 saturated heterocycles. The molecule has 0 bridgehead atoms. The number of benzene rings is 1. The molecule has 0 radical (unpaired) electrons. The second-order valence-corrected chi connectivity index (χ2v) is 4.74. The molecule has 1 amide bonds. The van der Waals surface area contributed by atoms with Crippen LogP contribution in [0, 0.1) is 0 Å². The number of nitrogens with zero attached hydrogens (tertiary/aromatic N) is 2. The summed E-state index contributed by atoms with van der Waals surface area (Å²) in [6, 6.07) is 7.77. The molecule has 1 aliphatic carbocycles. The van der Waals surface area contributed by atoms with Crippen molar-refractivity contribution in [2.75, 3.05) is 0 Å². The molecule has 1 aromatic carbocycles. The number of ether oxygens (including phenoxy) is 1. The van der Waals surface area contributed by atoms with Gasteiger partial charge in [0.2, 0.25) is 0 Å². The molecule has 1 aromatic heterocycles. The lowest BCUT2D eigenvalue weighted by molar-refractivity contribution is 0.211. The number of aromatic nitrogens is 2. The maximum atomic E-state index is 10.6. The molecule has 2 aromatic rings. The van der Waals surface area contributed by atoms with E-state index in [1.807, 2.05) is 18.5 Å². The van der Waals surface area contributed by atoms with Crippen molar-refractivity contribution in [3.8, 4) is 17.0 Å². The second kappa shape index (κ2) is 4.76. The smallest absolute Gasteiger partial charge is 0.409 e. The Morgan fingerprint density at radius 2 is 2.05 bits per heavy atom. The SMILES string of the molecule is NC(=O)Oc1ccc(-c2cn(C3CCC3)cn2)cc1. The Morgan fingerprint density at radius 3 is 2.63 bits per heavy atom. The fourth-order valence-electron chi connectivity index (χ4n) is 2.18. The van der Waals surface area contributed by atoms with Crippen LogP contribution >= 0.6 is 0 Å². The van der Waals surface area contributed by atoms with Gasteiger partial charge in [-0.25, -0.2) is 9.78 Å². The predicted octanol–water partition coefficient (Wildman–Crippen LogP) is 2.73. The average molecular weight is 257 g/mol. The Hall–Kier alpha value is -2.30. The summed E-state index contributed by atoms with van der Waals surface area (Å²) in [4.78, 5) is 15.0. The zero-order valence-corrected chi connectivity index (χ0v) is 10.5. The largest absolute Gasteiger partial charge is 0.411 e. The second-order valence-electron chi connectivity index (χ2n) is 4.74. The van der Waals surface area contributed by atoms with Crippen LogP contribution in [0.2, 0.25) is 0 Å². The lowest BCUT2D eigenvalue weighted by atomic mass is 9.93. The highest BCUT2D eigenvalue weighted by Crippen LogP contribution is 2.32. The van der Waals surface area contributed by atoms with E-state index in [2.05, 4.69) is 15.7 Å². The molecule has 1 saturated carbocycles. The van der Waals surface area contributed by atoms with E-state index in [1.54, 1.807) is 12.1 Å². The summed E-state index contributed by atoms with van der Waals surface area (Å²) in [5.74, 6) is 0.440. The Balaban J connectivity index is 1.77. The highest BCUT2D eigenvalue weighted by Gasteiger charge is 2.19. The van der Waals surface area contributed by atoms with E-state index in [1.165, 1.54) is 19.3 Å². The summed E-state index contributed by atoms with van der Waals surface area (Å²) >= 11 is 0. The number of rotatable bonds is 3. The van der Waals surface area contributed by atoms with Gasteiger partial charge in [-0.2, -0.15) is 0 Å². The maximum absolute atomic E-state index is 10.6. The summed E-state index contributed by atoms with van der Waals surface area (Å²) in [5, 5.41) is 0. The van der Waals surface area contributed by atoms with Gasteiger partial charge in [-0.1, -0.05) is 0 Å². The van der Waals surface area contributed by atoms with Crippen LogP contribution in [0.1, 0.15) is 25.3 Å². The van der Waals surface area contributed by atoms with Gasteiger partial charge >= 0.3 is 6.09 Å². The molecule has 0 atom stereocenters. The minimum absolute atomic E-state index is 0.440. The minimum atomic E-state index is -0.804. The third-order valence-electron chi connectivity index (χ3n) is 3.47. The van der Waals surface area contributed by atoms with Gasteiger partial charge in [0.25, 0.3) is 0 Å². The first-order chi connectivity index (χ1) is 9.22. The Labute approximate surface area is 111 Å². The van der Waals surface area contributed by atoms with Crippen molar-refractivity contribution in [3.63, 3.8) is 0 Å². The fraction of sp³-hybridized carbons (Fsp3) is 0.286. The van der Waals surface area contributed by atoms with Gasteiger partial charge in [0.15, 0.2) is 0 Å². The first-order valence-electron chi connectivity index (χ1n) is 6.33. The van der Waals surface area contributed by atoms with Crippen molar-refractivity contribution in [1.82, 2.24) is 9.55 Å². The van der Waals surface area contributed by atoms with Crippen LogP contribution in [-0.2, 0) is 0 Å².